The van der Waals surface area contributed by atoms with Crippen molar-refractivity contribution in [1.82, 2.24) is 0 Å². The SMILES string of the molecule is CC(C)(C)c1ccc([I+]c2ccc(C(C)(C)C)cc2)cc1.Fc1cc(F)c([I+]c2c(F)cc(F)cc2F)c(F)c1.[C-]#[N+]C1C(C#N)C(C#N)C(C#N)C1[N+]#[C-].[C-]#[N+]C1C(C#N)C(C)C(C#N)C1[N+]#[C-]. The number of halogens is 8. The highest BCUT2D eigenvalue weighted by molar-refractivity contribution is 5.28. The molecule has 2 aliphatic carbocycles. The van der Waals surface area contributed by atoms with E-state index in [1.165, 1.54) is 18.3 Å². The summed E-state index contributed by atoms with van der Waals surface area (Å²) in [4.78, 5) is 13.0. The molecule has 8 unspecified atom stereocenters. The van der Waals surface area contributed by atoms with Gasteiger partial charge in [0.2, 0.25) is 0 Å². The van der Waals surface area contributed by atoms with E-state index in [1.54, 1.807) is 6.92 Å². The lowest BCUT2D eigenvalue weighted by molar-refractivity contribution is -0.609. The molecule has 2 aliphatic rings. The zero-order valence-corrected chi connectivity index (χ0v) is 42.6. The Morgan fingerprint density at radius 2 is 0.696 bits per heavy atom. The summed E-state index contributed by atoms with van der Waals surface area (Å²) in [5.41, 5.74) is 3.31. The lowest BCUT2D eigenvalue weighted by Gasteiger charge is -2.18. The van der Waals surface area contributed by atoms with Crippen LogP contribution in [-0.4, -0.2) is 24.2 Å². The van der Waals surface area contributed by atoms with Gasteiger partial charge in [0.25, 0.3) is 7.14 Å². The van der Waals surface area contributed by atoms with Crippen LogP contribution < -0.4 is 42.4 Å². The Morgan fingerprint density at radius 3 is 0.928 bits per heavy atom. The van der Waals surface area contributed by atoms with Crippen LogP contribution in [0.1, 0.15) is 59.6 Å². The van der Waals surface area contributed by atoms with Crippen molar-refractivity contribution in [2.45, 2.75) is 83.5 Å². The molecular weight excluding hydrogens is 1120 g/mol. The van der Waals surface area contributed by atoms with Gasteiger partial charge in [-0.1, -0.05) is 72.7 Å². The molecule has 0 aromatic heterocycles. The Labute approximate surface area is 420 Å². The Morgan fingerprint density at radius 1 is 0.435 bits per heavy atom. The van der Waals surface area contributed by atoms with Crippen molar-refractivity contribution in [3.05, 3.63) is 179 Å². The summed E-state index contributed by atoms with van der Waals surface area (Å²) in [5, 5.41) is 44.2. The molecule has 6 rings (SSSR count). The van der Waals surface area contributed by atoms with E-state index in [2.05, 4.69) is 109 Å². The van der Waals surface area contributed by atoms with Crippen molar-refractivity contribution >= 4 is 0 Å². The van der Waals surface area contributed by atoms with E-state index in [4.69, 9.17) is 52.6 Å². The summed E-state index contributed by atoms with van der Waals surface area (Å²) >= 11 is -1.99. The maximum Gasteiger partial charge on any atom is 0.370 e. The zero-order chi connectivity index (χ0) is 52.0. The van der Waals surface area contributed by atoms with Gasteiger partial charge >= 0.3 is 66.6 Å². The molecule has 0 amide bonds. The van der Waals surface area contributed by atoms with Crippen molar-refractivity contribution in [3.63, 3.8) is 0 Å². The van der Waals surface area contributed by atoms with E-state index >= 15 is 0 Å². The Balaban J connectivity index is 0.000000247. The minimum absolute atomic E-state index is 0.0703. The third-order valence-electron chi connectivity index (χ3n) is 11.1. The molecule has 0 spiro atoms. The van der Waals surface area contributed by atoms with Crippen LogP contribution in [0.4, 0.5) is 26.3 Å². The summed E-state index contributed by atoms with van der Waals surface area (Å²) in [6, 6.07) is 26.8. The summed E-state index contributed by atoms with van der Waals surface area (Å²) in [5.74, 6) is -10.7. The molecule has 4 aromatic carbocycles. The highest BCUT2D eigenvalue weighted by atomic mass is 127. The van der Waals surface area contributed by atoms with E-state index < -0.39 is 117 Å². The lowest BCUT2D eigenvalue weighted by Crippen LogP contribution is -3.62. The smallest absolute Gasteiger partial charge is 0.303 e. The summed E-state index contributed by atoms with van der Waals surface area (Å²) in [7, 11) is 0. The van der Waals surface area contributed by atoms with Crippen molar-refractivity contribution in [3.8, 4) is 30.3 Å². The van der Waals surface area contributed by atoms with Crippen LogP contribution in [-0.2, 0) is 10.8 Å². The topological polar surface area (TPSA) is 136 Å². The predicted octanol–water partition coefficient (Wildman–Crippen LogP) is 5.55. The molecule has 0 N–H and O–H groups in total. The number of nitriles is 5. The predicted molar refractivity (Wildman–Crippen MR) is 234 cm³/mol. The standard InChI is InChI=1S/C20H26I.C12H4F6I.C10H5N5.C10H8N4/c1-19(2,3)15-7-11-17(12-8-15)21-18-13-9-16(10-14-18)20(4,5)6;13-5-1-7(15)11(8(16)2-5)19-12-9(17)3-6(14)4-10(12)18;1-14-9-7(4-12)6(3-11)8(5-13)10(9)15-2;1-6-7(4-11)9(13-2)10(14-3)8(6)5-12/h7-14H,1-6H3;1-4H;6-10H;6-10H,1H3/q2*+1;;. The Kier molecular flexibility index (Phi) is 20.6. The summed E-state index contributed by atoms with van der Waals surface area (Å²) in [6.45, 7) is 43.1. The van der Waals surface area contributed by atoms with E-state index in [0.717, 1.165) is 0 Å². The minimum Gasteiger partial charge on any atom is -0.303 e. The molecule has 350 valence electrons. The van der Waals surface area contributed by atoms with Gasteiger partial charge in [-0.25, -0.2) is 52.6 Å². The second kappa shape index (κ2) is 25.1. The van der Waals surface area contributed by atoms with Crippen LogP contribution in [0, 0.1) is 168 Å². The van der Waals surface area contributed by atoms with Gasteiger partial charge in [-0.2, -0.15) is 26.3 Å². The van der Waals surface area contributed by atoms with Gasteiger partial charge in [0.15, 0.2) is 30.4 Å². The molecule has 9 nitrogen and oxygen atoms in total. The highest BCUT2D eigenvalue weighted by Crippen LogP contribution is 2.41. The Bertz CT molecular complexity index is 2560. The molecular formula is C52H43F6I2N9+2. The average Bonchev–Trinajstić information content (AvgIpc) is 3.76. The van der Waals surface area contributed by atoms with E-state index in [0.29, 0.717) is 24.3 Å². The van der Waals surface area contributed by atoms with Crippen LogP contribution in [0.5, 0.6) is 0 Å². The second-order valence-corrected chi connectivity index (χ2v) is 23.4. The van der Waals surface area contributed by atoms with Crippen LogP contribution in [0.15, 0.2) is 72.8 Å². The molecule has 0 radical (unpaired) electrons. The molecule has 4 aromatic rings. The van der Waals surface area contributed by atoms with Gasteiger partial charge in [-0.3, -0.25) is 0 Å². The molecule has 0 heterocycles. The first kappa shape index (κ1) is 56.7. The van der Waals surface area contributed by atoms with Gasteiger partial charge in [-0.15, -0.1) is 0 Å². The van der Waals surface area contributed by atoms with Crippen LogP contribution in [0.3, 0.4) is 0 Å². The normalized spacial score (nSPS) is 23.1. The maximum absolute atomic E-state index is 13.4. The van der Waals surface area contributed by atoms with E-state index in [1.807, 2.05) is 30.3 Å². The Hall–Kier alpha value is -6.67. The van der Waals surface area contributed by atoms with Crippen LogP contribution >= 0.6 is 0 Å². The number of rotatable bonds is 4. The third-order valence-corrected chi connectivity index (χ3v) is 17.0. The van der Waals surface area contributed by atoms with Crippen LogP contribution in [0.25, 0.3) is 19.4 Å². The largest absolute Gasteiger partial charge is 0.370 e. The first-order valence-corrected chi connectivity index (χ1v) is 25.1. The zero-order valence-electron chi connectivity index (χ0n) is 38.3. The molecule has 0 saturated heterocycles. The molecule has 2 fully saturated rings. The number of hydrogen-bond donors (Lipinski definition) is 0. The maximum atomic E-state index is 13.4. The highest BCUT2D eigenvalue weighted by Gasteiger charge is 2.61. The molecule has 69 heavy (non-hydrogen) atoms. The average molecular weight is 1160 g/mol. The lowest BCUT2D eigenvalue weighted by atomic mass is 9.87. The quantitative estimate of drug-likeness (QED) is 0.0870. The van der Waals surface area contributed by atoms with Crippen molar-refractivity contribution in [1.29, 1.82) is 26.3 Å². The van der Waals surface area contributed by atoms with Crippen molar-refractivity contribution < 1.29 is 68.8 Å². The molecule has 8 atom stereocenters. The fourth-order valence-electron chi connectivity index (χ4n) is 7.31. The van der Waals surface area contributed by atoms with Gasteiger partial charge < -0.3 is 19.4 Å². The fraction of sp³-hybridized carbons (Fsp3) is 0.365. The van der Waals surface area contributed by atoms with Crippen LogP contribution in [0.2, 0.25) is 0 Å². The molecule has 0 bridgehead atoms. The van der Waals surface area contributed by atoms with Gasteiger partial charge in [0, 0.05) is 30.2 Å². The van der Waals surface area contributed by atoms with E-state index in [9.17, 15) is 26.3 Å². The monoisotopic (exact) mass is 1160 g/mol. The molecule has 2 saturated carbocycles. The van der Waals surface area contributed by atoms with Gasteiger partial charge in [0.05, 0.1) is 36.3 Å². The third kappa shape index (κ3) is 14.2. The number of hydrogen-bond acceptors (Lipinski definition) is 5. The van der Waals surface area contributed by atoms with Gasteiger partial charge in [0.1, 0.15) is 35.3 Å². The van der Waals surface area contributed by atoms with Crippen molar-refractivity contribution in [2.24, 2.45) is 35.5 Å². The first-order valence-electron chi connectivity index (χ1n) is 20.7. The van der Waals surface area contributed by atoms with Crippen molar-refractivity contribution in [2.75, 3.05) is 0 Å². The minimum atomic E-state index is -1.92. The molecule has 17 heteroatoms. The number of nitrogens with zero attached hydrogens (tertiary/aromatic N) is 9. The van der Waals surface area contributed by atoms with E-state index in [-0.39, 0.29) is 38.0 Å². The second-order valence-electron chi connectivity index (χ2n) is 17.7. The first-order chi connectivity index (χ1) is 32.5. The molecule has 0 aliphatic heterocycles. The fourth-order valence-corrected chi connectivity index (χ4v) is 11.7. The summed E-state index contributed by atoms with van der Waals surface area (Å²) < 4.78 is 80.7. The number of benzene rings is 4. The summed E-state index contributed by atoms with van der Waals surface area (Å²) in [6.07, 6.45) is 0. The van der Waals surface area contributed by atoms with Gasteiger partial charge in [-0.05, 0) is 46.2 Å².